The van der Waals surface area contributed by atoms with Crippen LogP contribution in [-0.2, 0) is 11.3 Å². The molecule has 0 saturated carbocycles. The average Bonchev–Trinajstić information content (AvgIpc) is 3.30. The number of carbonyl (C=O) groups is 1. The van der Waals surface area contributed by atoms with Gasteiger partial charge in [0, 0.05) is 30.7 Å². The molecule has 1 aliphatic rings. The molecule has 4 rings (SSSR count). The number of thioether (sulfide) groups is 1. The largest absolute Gasteiger partial charge is 0.497 e. The molecule has 2 heterocycles. The van der Waals surface area contributed by atoms with Crippen LogP contribution in [0.15, 0.2) is 53.9 Å². The molecule has 1 fully saturated rings. The molecule has 1 amide bonds. The number of nitrogens with zero attached hydrogens (tertiary/aromatic N) is 4. The molecular weight excluding hydrogens is 458 g/mol. The third-order valence-corrected chi connectivity index (χ3v) is 7.13. The summed E-state index contributed by atoms with van der Waals surface area (Å²) in [5, 5.41) is 12.7. The number of nitrogens with one attached hydrogen (secondary N) is 1. The number of carbonyl (C=O) groups excluding carboxylic acids is 1. The van der Waals surface area contributed by atoms with E-state index in [0.717, 1.165) is 49.5 Å². The molecule has 9 heteroatoms. The van der Waals surface area contributed by atoms with E-state index in [4.69, 9.17) is 16.3 Å². The molecule has 3 aromatic rings. The highest BCUT2D eigenvalue weighted by Gasteiger charge is 2.21. The summed E-state index contributed by atoms with van der Waals surface area (Å²) in [4.78, 5) is 15.0. The topological polar surface area (TPSA) is 72.3 Å². The van der Waals surface area contributed by atoms with E-state index in [2.05, 4.69) is 32.5 Å². The van der Waals surface area contributed by atoms with Gasteiger partial charge in [0.1, 0.15) is 12.1 Å². The lowest BCUT2D eigenvalue weighted by atomic mass is 10.0. The fraction of sp³-hybridized carbons (Fsp3) is 0.375. The van der Waals surface area contributed by atoms with Gasteiger partial charge in [0.25, 0.3) is 0 Å². The van der Waals surface area contributed by atoms with Crippen LogP contribution < -0.4 is 10.1 Å². The SMILES string of the molecule is COc1cccc(CN2CCC(NC(=O)CSc3nncn3-c3ccc(C)c(Cl)c3)CC2)c1. The molecule has 174 valence electrons. The lowest BCUT2D eigenvalue weighted by Gasteiger charge is -2.32. The number of ether oxygens (including phenoxy) is 1. The Bertz CT molecular complexity index is 1100. The molecule has 0 atom stereocenters. The van der Waals surface area contributed by atoms with Crippen LogP contribution in [0.25, 0.3) is 5.69 Å². The second-order valence-electron chi connectivity index (χ2n) is 8.18. The Hall–Kier alpha value is -2.55. The van der Waals surface area contributed by atoms with Crippen LogP contribution in [0.4, 0.5) is 0 Å². The Kier molecular flexibility index (Phi) is 7.90. The van der Waals surface area contributed by atoms with E-state index in [-0.39, 0.29) is 11.9 Å². The van der Waals surface area contributed by atoms with Crippen LogP contribution in [0.2, 0.25) is 5.02 Å². The van der Waals surface area contributed by atoms with Gasteiger partial charge in [-0.25, -0.2) is 0 Å². The third-order valence-electron chi connectivity index (χ3n) is 5.78. The summed E-state index contributed by atoms with van der Waals surface area (Å²) in [6, 6.07) is 14.2. The molecule has 0 unspecified atom stereocenters. The van der Waals surface area contributed by atoms with Crippen molar-refractivity contribution < 1.29 is 9.53 Å². The Morgan fingerprint density at radius 1 is 1.24 bits per heavy atom. The minimum atomic E-state index is 0.0164. The predicted octanol–water partition coefficient (Wildman–Crippen LogP) is 4.11. The monoisotopic (exact) mass is 485 g/mol. The highest BCUT2D eigenvalue weighted by molar-refractivity contribution is 7.99. The second-order valence-corrected chi connectivity index (χ2v) is 9.52. The highest BCUT2D eigenvalue weighted by atomic mass is 35.5. The van der Waals surface area contributed by atoms with Crippen LogP contribution in [-0.4, -0.2) is 57.6 Å². The summed E-state index contributed by atoms with van der Waals surface area (Å²) >= 11 is 7.63. The average molecular weight is 486 g/mol. The molecule has 0 bridgehead atoms. The van der Waals surface area contributed by atoms with Crippen molar-refractivity contribution in [1.29, 1.82) is 0 Å². The Morgan fingerprint density at radius 3 is 2.82 bits per heavy atom. The van der Waals surface area contributed by atoms with Crippen molar-refractivity contribution in [3.05, 3.63) is 64.9 Å². The van der Waals surface area contributed by atoms with Crippen molar-refractivity contribution in [3.63, 3.8) is 0 Å². The zero-order chi connectivity index (χ0) is 23.2. The number of hydrogen-bond acceptors (Lipinski definition) is 6. The number of piperidine rings is 1. The fourth-order valence-electron chi connectivity index (χ4n) is 3.90. The van der Waals surface area contributed by atoms with E-state index >= 15 is 0 Å². The molecule has 1 saturated heterocycles. The zero-order valence-electron chi connectivity index (χ0n) is 18.8. The van der Waals surface area contributed by atoms with Crippen molar-refractivity contribution in [1.82, 2.24) is 25.0 Å². The van der Waals surface area contributed by atoms with Crippen molar-refractivity contribution in [3.8, 4) is 11.4 Å². The van der Waals surface area contributed by atoms with Gasteiger partial charge in [-0.05, 0) is 55.2 Å². The van der Waals surface area contributed by atoms with E-state index in [1.807, 2.05) is 41.8 Å². The summed E-state index contributed by atoms with van der Waals surface area (Å²) in [6.07, 6.45) is 3.52. The third kappa shape index (κ3) is 6.28. The number of methoxy groups -OCH3 is 1. The zero-order valence-corrected chi connectivity index (χ0v) is 20.4. The summed E-state index contributed by atoms with van der Waals surface area (Å²) in [7, 11) is 1.69. The Labute approximate surface area is 203 Å². The van der Waals surface area contributed by atoms with Gasteiger partial charge in [0.2, 0.25) is 5.91 Å². The van der Waals surface area contributed by atoms with E-state index in [1.54, 1.807) is 13.4 Å². The number of likely N-dealkylation sites (tertiary alicyclic amines) is 1. The summed E-state index contributed by atoms with van der Waals surface area (Å²) in [5.41, 5.74) is 3.13. The number of rotatable bonds is 8. The molecular formula is C24H28ClN5O2S. The van der Waals surface area contributed by atoms with Crippen molar-refractivity contribution in [2.24, 2.45) is 0 Å². The van der Waals surface area contributed by atoms with Crippen molar-refractivity contribution in [2.45, 2.75) is 37.5 Å². The van der Waals surface area contributed by atoms with Gasteiger partial charge in [-0.15, -0.1) is 10.2 Å². The molecule has 7 nitrogen and oxygen atoms in total. The molecule has 1 aliphatic heterocycles. The maximum atomic E-state index is 12.6. The number of amides is 1. The van der Waals surface area contributed by atoms with E-state index < -0.39 is 0 Å². The maximum Gasteiger partial charge on any atom is 0.230 e. The lowest BCUT2D eigenvalue weighted by Crippen LogP contribution is -2.44. The maximum absolute atomic E-state index is 12.6. The summed E-state index contributed by atoms with van der Waals surface area (Å²) < 4.78 is 7.16. The van der Waals surface area contributed by atoms with Gasteiger partial charge < -0.3 is 10.1 Å². The smallest absolute Gasteiger partial charge is 0.230 e. The Balaban J connectivity index is 1.24. The number of aryl methyl sites for hydroxylation is 1. The second kappa shape index (κ2) is 11.0. The van der Waals surface area contributed by atoms with E-state index in [1.165, 1.54) is 17.3 Å². The van der Waals surface area contributed by atoms with Gasteiger partial charge in [0.15, 0.2) is 5.16 Å². The molecule has 0 spiro atoms. The van der Waals surface area contributed by atoms with Gasteiger partial charge in [-0.1, -0.05) is 41.6 Å². The van der Waals surface area contributed by atoms with Crippen LogP contribution in [0.5, 0.6) is 5.75 Å². The standard InChI is InChI=1S/C24H28ClN5O2S/c1-17-6-7-20(13-22(17)25)30-16-26-28-24(30)33-15-23(31)27-19-8-10-29(11-9-19)14-18-4-3-5-21(12-18)32-2/h3-7,12-13,16,19H,8-11,14-15H2,1-2H3,(H,27,31). The molecule has 2 aromatic carbocycles. The summed E-state index contributed by atoms with van der Waals surface area (Å²) in [5.74, 6) is 1.19. The van der Waals surface area contributed by atoms with Crippen molar-refractivity contribution >= 4 is 29.3 Å². The first-order valence-electron chi connectivity index (χ1n) is 11.0. The number of hydrogen-bond donors (Lipinski definition) is 1. The highest BCUT2D eigenvalue weighted by Crippen LogP contribution is 2.24. The molecule has 1 N–H and O–H groups in total. The molecule has 33 heavy (non-hydrogen) atoms. The van der Waals surface area contributed by atoms with Gasteiger partial charge in [0.05, 0.1) is 18.6 Å². The normalized spacial score (nSPS) is 14.9. The molecule has 0 radical (unpaired) electrons. The number of aromatic nitrogens is 3. The van der Waals surface area contributed by atoms with E-state index in [9.17, 15) is 4.79 Å². The van der Waals surface area contributed by atoms with Gasteiger partial charge >= 0.3 is 0 Å². The molecule has 1 aromatic heterocycles. The number of benzene rings is 2. The lowest BCUT2D eigenvalue weighted by molar-refractivity contribution is -0.119. The Morgan fingerprint density at radius 2 is 2.06 bits per heavy atom. The van der Waals surface area contributed by atoms with Crippen LogP contribution >= 0.6 is 23.4 Å². The minimum Gasteiger partial charge on any atom is -0.497 e. The quantitative estimate of drug-likeness (QED) is 0.484. The first-order chi connectivity index (χ1) is 16.0. The predicted molar refractivity (Wildman–Crippen MR) is 131 cm³/mol. The van der Waals surface area contributed by atoms with Gasteiger partial charge in [-0.3, -0.25) is 14.3 Å². The first-order valence-corrected chi connectivity index (χ1v) is 12.3. The van der Waals surface area contributed by atoms with E-state index in [0.29, 0.717) is 15.9 Å². The number of halogens is 1. The van der Waals surface area contributed by atoms with Gasteiger partial charge in [-0.2, -0.15) is 0 Å². The van der Waals surface area contributed by atoms with Crippen molar-refractivity contribution in [2.75, 3.05) is 26.0 Å². The van der Waals surface area contributed by atoms with Crippen LogP contribution in [0, 0.1) is 6.92 Å². The molecule has 0 aliphatic carbocycles. The first kappa shape index (κ1) is 23.6. The van der Waals surface area contributed by atoms with Crippen LogP contribution in [0.3, 0.4) is 0 Å². The minimum absolute atomic E-state index is 0.0164. The fourth-order valence-corrected chi connectivity index (χ4v) is 4.81. The summed E-state index contributed by atoms with van der Waals surface area (Å²) in [6.45, 7) is 4.77. The van der Waals surface area contributed by atoms with Crippen LogP contribution in [0.1, 0.15) is 24.0 Å².